The number of piperidine rings is 1. The number of likely N-dealkylation sites (tertiary alicyclic amines) is 1. The fourth-order valence-electron chi connectivity index (χ4n) is 2.97. The number of phenolic OH excluding ortho intramolecular Hbond substituents is 1. The number of anilines is 1. The molecule has 0 amide bonds. The first-order chi connectivity index (χ1) is 9.74. The molecule has 0 atom stereocenters. The van der Waals surface area contributed by atoms with Crippen LogP contribution in [0.1, 0.15) is 12.8 Å². The van der Waals surface area contributed by atoms with Gasteiger partial charge in [-0.25, -0.2) is 0 Å². The Morgan fingerprint density at radius 3 is 2.60 bits per heavy atom. The van der Waals surface area contributed by atoms with Gasteiger partial charge in [-0.05, 0) is 51.0 Å². The molecular formula is C17H22N2O. The Kier molecular flexibility index (Phi) is 3.79. The molecule has 0 saturated carbocycles. The molecule has 2 aromatic carbocycles. The highest BCUT2D eigenvalue weighted by atomic mass is 16.3. The van der Waals surface area contributed by atoms with Crippen LogP contribution in [0.2, 0.25) is 0 Å². The lowest BCUT2D eigenvalue weighted by molar-refractivity contribution is 0.226. The summed E-state index contributed by atoms with van der Waals surface area (Å²) in [6, 6.07) is 11.8. The van der Waals surface area contributed by atoms with E-state index in [0.29, 0.717) is 5.75 Å². The van der Waals surface area contributed by atoms with E-state index in [4.69, 9.17) is 0 Å². The van der Waals surface area contributed by atoms with Gasteiger partial charge in [0.25, 0.3) is 0 Å². The molecule has 0 bridgehead atoms. The predicted molar refractivity (Wildman–Crippen MR) is 84.3 cm³/mol. The predicted octanol–water partition coefficient (Wildman–Crippen LogP) is 3.30. The van der Waals surface area contributed by atoms with Crippen LogP contribution in [-0.2, 0) is 0 Å². The van der Waals surface area contributed by atoms with E-state index >= 15 is 0 Å². The molecular weight excluding hydrogens is 248 g/mol. The summed E-state index contributed by atoms with van der Waals surface area (Å²) < 4.78 is 0. The maximum absolute atomic E-state index is 9.91. The highest BCUT2D eigenvalue weighted by Gasteiger charge is 2.16. The Morgan fingerprint density at radius 2 is 1.80 bits per heavy atom. The van der Waals surface area contributed by atoms with Crippen LogP contribution in [0, 0.1) is 5.92 Å². The Labute approximate surface area is 120 Å². The Balaban J connectivity index is 1.73. The van der Waals surface area contributed by atoms with Crippen LogP contribution in [0.3, 0.4) is 0 Å². The van der Waals surface area contributed by atoms with Gasteiger partial charge in [-0.15, -0.1) is 0 Å². The van der Waals surface area contributed by atoms with Crippen LogP contribution in [0.25, 0.3) is 10.8 Å². The summed E-state index contributed by atoms with van der Waals surface area (Å²) in [5.41, 5.74) is 1.12. The fraction of sp³-hybridized carbons (Fsp3) is 0.412. The molecule has 0 aliphatic carbocycles. The number of aromatic hydroxyl groups is 1. The SMILES string of the molecule is CN1CCC(CNc2cccc3c(O)cccc23)CC1. The summed E-state index contributed by atoms with van der Waals surface area (Å²) >= 11 is 0. The zero-order chi connectivity index (χ0) is 13.9. The molecule has 106 valence electrons. The van der Waals surface area contributed by atoms with E-state index in [0.717, 1.165) is 28.9 Å². The summed E-state index contributed by atoms with van der Waals surface area (Å²) in [7, 11) is 2.19. The second-order valence-corrected chi connectivity index (χ2v) is 5.81. The van der Waals surface area contributed by atoms with E-state index in [1.165, 1.54) is 25.9 Å². The van der Waals surface area contributed by atoms with E-state index in [1.54, 1.807) is 6.07 Å². The van der Waals surface area contributed by atoms with Crippen molar-refractivity contribution in [3.8, 4) is 5.75 Å². The number of hydrogen-bond acceptors (Lipinski definition) is 3. The molecule has 3 rings (SSSR count). The van der Waals surface area contributed by atoms with Gasteiger partial charge in [-0.3, -0.25) is 0 Å². The average Bonchev–Trinajstić information content (AvgIpc) is 2.47. The number of fused-ring (bicyclic) bond motifs is 1. The van der Waals surface area contributed by atoms with Crippen LogP contribution in [0.5, 0.6) is 5.75 Å². The van der Waals surface area contributed by atoms with E-state index in [2.05, 4.69) is 29.4 Å². The van der Waals surface area contributed by atoms with Crippen molar-refractivity contribution >= 4 is 16.5 Å². The molecule has 1 aliphatic heterocycles. The lowest BCUT2D eigenvalue weighted by Gasteiger charge is -2.29. The molecule has 1 heterocycles. The third kappa shape index (κ3) is 2.73. The van der Waals surface area contributed by atoms with E-state index < -0.39 is 0 Å². The molecule has 0 spiro atoms. The molecule has 2 aromatic rings. The van der Waals surface area contributed by atoms with E-state index in [-0.39, 0.29) is 0 Å². The van der Waals surface area contributed by atoms with Crippen LogP contribution in [0.15, 0.2) is 36.4 Å². The lowest BCUT2D eigenvalue weighted by atomic mass is 9.97. The van der Waals surface area contributed by atoms with Crippen molar-refractivity contribution in [3.05, 3.63) is 36.4 Å². The van der Waals surface area contributed by atoms with Crippen LogP contribution >= 0.6 is 0 Å². The molecule has 2 N–H and O–H groups in total. The number of nitrogens with zero attached hydrogens (tertiary/aromatic N) is 1. The van der Waals surface area contributed by atoms with Crippen molar-refractivity contribution < 1.29 is 5.11 Å². The van der Waals surface area contributed by atoms with Crippen LogP contribution < -0.4 is 5.32 Å². The van der Waals surface area contributed by atoms with E-state index in [1.807, 2.05) is 18.2 Å². The number of nitrogens with one attached hydrogen (secondary N) is 1. The molecule has 0 aromatic heterocycles. The normalized spacial score (nSPS) is 17.4. The highest BCUT2D eigenvalue weighted by molar-refractivity contribution is 5.97. The van der Waals surface area contributed by atoms with Gasteiger partial charge in [0.2, 0.25) is 0 Å². The standard InChI is InChI=1S/C17H22N2O/c1-19-10-8-13(9-11-19)12-18-16-6-2-5-15-14(16)4-3-7-17(15)20/h2-7,13,18,20H,8-12H2,1H3. The van der Waals surface area contributed by atoms with Crippen molar-refractivity contribution in [2.75, 3.05) is 32.0 Å². The van der Waals surface area contributed by atoms with Crippen LogP contribution in [-0.4, -0.2) is 36.7 Å². The minimum Gasteiger partial charge on any atom is -0.507 e. The van der Waals surface area contributed by atoms with Gasteiger partial charge in [0.05, 0.1) is 0 Å². The largest absolute Gasteiger partial charge is 0.507 e. The maximum atomic E-state index is 9.91. The molecule has 3 heteroatoms. The number of phenols is 1. The topological polar surface area (TPSA) is 35.5 Å². The lowest BCUT2D eigenvalue weighted by Crippen LogP contribution is -2.32. The first-order valence-electron chi connectivity index (χ1n) is 7.37. The Hall–Kier alpha value is -1.74. The minimum absolute atomic E-state index is 0.352. The summed E-state index contributed by atoms with van der Waals surface area (Å²) in [5, 5.41) is 15.5. The first-order valence-corrected chi connectivity index (χ1v) is 7.37. The maximum Gasteiger partial charge on any atom is 0.123 e. The number of hydrogen-bond donors (Lipinski definition) is 2. The molecule has 3 nitrogen and oxygen atoms in total. The first kappa shape index (κ1) is 13.3. The van der Waals surface area contributed by atoms with Gasteiger partial charge in [0.1, 0.15) is 5.75 Å². The third-order valence-electron chi connectivity index (χ3n) is 4.32. The monoisotopic (exact) mass is 270 g/mol. The van der Waals surface area contributed by atoms with Crippen molar-refractivity contribution in [1.82, 2.24) is 4.90 Å². The zero-order valence-corrected chi connectivity index (χ0v) is 12.0. The number of benzene rings is 2. The van der Waals surface area contributed by atoms with Gasteiger partial charge in [0.15, 0.2) is 0 Å². The molecule has 0 radical (unpaired) electrons. The summed E-state index contributed by atoms with van der Waals surface area (Å²) in [5.74, 6) is 1.10. The van der Waals surface area contributed by atoms with E-state index in [9.17, 15) is 5.11 Å². The molecule has 0 unspecified atom stereocenters. The van der Waals surface area contributed by atoms with Crippen molar-refractivity contribution in [1.29, 1.82) is 0 Å². The van der Waals surface area contributed by atoms with Crippen LogP contribution in [0.4, 0.5) is 5.69 Å². The average molecular weight is 270 g/mol. The quantitative estimate of drug-likeness (QED) is 0.898. The Morgan fingerprint density at radius 1 is 1.10 bits per heavy atom. The summed E-state index contributed by atoms with van der Waals surface area (Å²) in [6.07, 6.45) is 2.53. The summed E-state index contributed by atoms with van der Waals surface area (Å²) in [4.78, 5) is 2.40. The molecule has 1 saturated heterocycles. The minimum atomic E-state index is 0.352. The highest BCUT2D eigenvalue weighted by Crippen LogP contribution is 2.30. The Bertz CT molecular complexity index is 589. The van der Waals surface area contributed by atoms with Crippen molar-refractivity contribution in [2.24, 2.45) is 5.92 Å². The molecule has 1 aliphatic rings. The van der Waals surface area contributed by atoms with Gasteiger partial charge in [0, 0.05) is 23.0 Å². The zero-order valence-electron chi connectivity index (χ0n) is 12.0. The smallest absolute Gasteiger partial charge is 0.123 e. The second-order valence-electron chi connectivity index (χ2n) is 5.81. The molecule has 1 fully saturated rings. The van der Waals surface area contributed by atoms with Gasteiger partial charge in [-0.2, -0.15) is 0 Å². The van der Waals surface area contributed by atoms with Crippen molar-refractivity contribution in [3.63, 3.8) is 0 Å². The van der Waals surface area contributed by atoms with Gasteiger partial charge in [-0.1, -0.05) is 24.3 Å². The third-order valence-corrected chi connectivity index (χ3v) is 4.32. The summed E-state index contributed by atoms with van der Waals surface area (Å²) in [6.45, 7) is 3.41. The molecule has 20 heavy (non-hydrogen) atoms. The van der Waals surface area contributed by atoms with Gasteiger partial charge >= 0.3 is 0 Å². The number of rotatable bonds is 3. The fourth-order valence-corrected chi connectivity index (χ4v) is 2.97. The van der Waals surface area contributed by atoms with Crippen molar-refractivity contribution in [2.45, 2.75) is 12.8 Å². The second kappa shape index (κ2) is 5.71. The van der Waals surface area contributed by atoms with Gasteiger partial charge < -0.3 is 15.3 Å².